The molecule has 2 unspecified atom stereocenters. The topological polar surface area (TPSA) is 12.0 Å². The Morgan fingerprint density at radius 1 is 1.17 bits per heavy atom. The Kier molecular flexibility index (Phi) is 4.50. The summed E-state index contributed by atoms with van der Waals surface area (Å²) in [4.78, 5) is 1.35. The molecular formula is C15H18FNS. The molecule has 0 amide bonds. The van der Waals surface area contributed by atoms with Crippen LogP contribution in [0.2, 0.25) is 0 Å². The van der Waals surface area contributed by atoms with Gasteiger partial charge in [0.2, 0.25) is 0 Å². The third kappa shape index (κ3) is 3.65. The quantitative estimate of drug-likeness (QED) is 0.853. The molecule has 2 aromatic rings. The maximum Gasteiger partial charge on any atom is 0.123 e. The number of rotatable bonds is 5. The zero-order valence-corrected chi connectivity index (χ0v) is 11.5. The van der Waals surface area contributed by atoms with Crippen LogP contribution in [0.15, 0.2) is 41.8 Å². The first-order valence-corrected chi connectivity index (χ1v) is 7.07. The van der Waals surface area contributed by atoms with Gasteiger partial charge in [-0.3, -0.25) is 0 Å². The highest BCUT2D eigenvalue weighted by molar-refractivity contribution is 7.10. The summed E-state index contributed by atoms with van der Waals surface area (Å²) in [5.41, 5.74) is 1.16. The van der Waals surface area contributed by atoms with Gasteiger partial charge in [0, 0.05) is 17.0 Å². The van der Waals surface area contributed by atoms with E-state index >= 15 is 0 Å². The maximum absolute atomic E-state index is 12.8. The average Bonchev–Trinajstić information content (AvgIpc) is 2.85. The summed E-state index contributed by atoms with van der Waals surface area (Å²) < 4.78 is 12.8. The lowest BCUT2D eigenvalue weighted by Gasteiger charge is -2.19. The highest BCUT2D eigenvalue weighted by Gasteiger charge is 2.10. The van der Waals surface area contributed by atoms with Crippen molar-refractivity contribution in [2.24, 2.45) is 0 Å². The van der Waals surface area contributed by atoms with Crippen LogP contribution in [0, 0.1) is 5.82 Å². The summed E-state index contributed by atoms with van der Waals surface area (Å²) in [5.74, 6) is -0.175. The molecule has 3 heteroatoms. The molecule has 18 heavy (non-hydrogen) atoms. The van der Waals surface area contributed by atoms with E-state index in [-0.39, 0.29) is 5.82 Å². The molecule has 1 N–H and O–H groups in total. The van der Waals surface area contributed by atoms with Crippen molar-refractivity contribution in [1.29, 1.82) is 0 Å². The van der Waals surface area contributed by atoms with E-state index in [9.17, 15) is 4.39 Å². The van der Waals surface area contributed by atoms with E-state index in [1.165, 1.54) is 17.0 Å². The van der Waals surface area contributed by atoms with Gasteiger partial charge in [-0.1, -0.05) is 18.2 Å². The second-order valence-electron chi connectivity index (χ2n) is 4.64. The van der Waals surface area contributed by atoms with Crippen LogP contribution in [0.25, 0.3) is 0 Å². The van der Waals surface area contributed by atoms with Crippen LogP contribution in [0.5, 0.6) is 0 Å². The van der Waals surface area contributed by atoms with Crippen LogP contribution in [0.1, 0.15) is 30.3 Å². The monoisotopic (exact) mass is 263 g/mol. The zero-order valence-electron chi connectivity index (χ0n) is 10.7. The number of benzene rings is 1. The molecule has 2 atom stereocenters. The molecule has 0 aliphatic rings. The van der Waals surface area contributed by atoms with Gasteiger partial charge in [0.25, 0.3) is 0 Å². The average molecular weight is 263 g/mol. The van der Waals surface area contributed by atoms with Gasteiger partial charge in [-0.05, 0) is 49.4 Å². The lowest BCUT2D eigenvalue weighted by molar-refractivity contribution is 0.481. The fourth-order valence-electron chi connectivity index (χ4n) is 2.08. The molecule has 0 bridgehead atoms. The molecule has 0 spiro atoms. The second kappa shape index (κ2) is 6.12. The predicted octanol–water partition coefficient (Wildman–Crippen LogP) is 4.17. The highest BCUT2D eigenvalue weighted by Crippen LogP contribution is 2.19. The van der Waals surface area contributed by atoms with E-state index in [0.717, 1.165) is 12.0 Å². The Morgan fingerprint density at radius 2 is 1.89 bits per heavy atom. The van der Waals surface area contributed by atoms with E-state index in [1.807, 2.05) is 12.1 Å². The molecule has 1 aromatic carbocycles. The molecule has 96 valence electrons. The SMILES string of the molecule is CC(Cc1ccc(F)cc1)NC(C)c1cccs1. The first kappa shape index (κ1) is 13.2. The van der Waals surface area contributed by atoms with Crippen LogP contribution < -0.4 is 5.32 Å². The summed E-state index contributed by atoms with van der Waals surface area (Å²) in [7, 11) is 0. The Hall–Kier alpha value is -1.19. The number of halogens is 1. The molecule has 0 aliphatic carbocycles. The highest BCUT2D eigenvalue weighted by atomic mass is 32.1. The van der Waals surface area contributed by atoms with Crippen LogP contribution in [0.4, 0.5) is 4.39 Å². The van der Waals surface area contributed by atoms with Gasteiger partial charge < -0.3 is 5.32 Å². The summed E-state index contributed by atoms with van der Waals surface area (Å²) in [6.45, 7) is 4.33. The molecule has 0 saturated carbocycles. The van der Waals surface area contributed by atoms with Crippen molar-refractivity contribution < 1.29 is 4.39 Å². The van der Waals surface area contributed by atoms with Gasteiger partial charge in [0.05, 0.1) is 0 Å². The van der Waals surface area contributed by atoms with E-state index in [4.69, 9.17) is 0 Å². The summed E-state index contributed by atoms with van der Waals surface area (Å²) in [5, 5.41) is 5.66. The first-order valence-electron chi connectivity index (χ1n) is 6.19. The van der Waals surface area contributed by atoms with Gasteiger partial charge in [-0.2, -0.15) is 0 Å². The van der Waals surface area contributed by atoms with Crippen molar-refractivity contribution in [3.05, 3.63) is 58.0 Å². The third-order valence-corrected chi connectivity index (χ3v) is 4.01. The van der Waals surface area contributed by atoms with E-state index in [0.29, 0.717) is 12.1 Å². The van der Waals surface area contributed by atoms with E-state index in [2.05, 4.69) is 36.7 Å². The van der Waals surface area contributed by atoms with Crippen LogP contribution in [-0.2, 0) is 6.42 Å². The standard InChI is InChI=1S/C15H18FNS/c1-11(10-13-5-7-14(16)8-6-13)17-12(2)15-4-3-9-18-15/h3-9,11-12,17H,10H2,1-2H3. The zero-order chi connectivity index (χ0) is 13.0. The van der Waals surface area contributed by atoms with Crippen molar-refractivity contribution in [2.45, 2.75) is 32.4 Å². The Balaban J connectivity index is 1.88. The number of thiophene rings is 1. The molecule has 0 saturated heterocycles. The molecule has 1 aromatic heterocycles. The van der Waals surface area contributed by atoms with Crippen LogP contribution in [0.3, 0.4) is 0 Å². The molecule has 1 heterocycles. The normalized spacial score (nSPS) is 14.4. The summed E-state index contributed by atoms with van der Waals surface area (Å²) in [6, 6.07) is 11.7. The third-order valence-electron chi connectivity index (χ3n) is 2.96. The van der Waals surface area contributed by atoms with Gasteiger partial charge in [-0.25, -0.2) is 4.39 Å². The minimum atomic E-state index is -0.175. The molecular weight excluding hydrogens is 245 g/mol. The maximum atomic E-state index is 12.8. The van der Waals surface area contributed by atoms with Crippen molar-refractivity contribution in [3.63, 3.8) is 0 Å². The fourth-order valence-corrected chi connectivity index (χ4v) is 2.82. The minimum Gasteiger partial charge on any atom is -0.307 e. The Labute approximate surface area is 112 Å². The smallest absolute Gasteiger partial charge is 0.123 e. The molecule has 2 rings (SSSR count). The van der Waals surface area contributed by atoms with Crippen molar-refractivity contribution in [2.75, 3.05) is 0 Å². The molecule has 1 nitrogen and oxygen atoms in total. The fraction of sp³-hybridized carbons (Fsp3) is 0.333. The van der Waals surface area contributed by atoms with Gasteiger partial charge in [0.1, 0.15) is 5.82 Å². The molecule has 0 fully saturated rings. The van der Waals surface area contributed by atoms with Crippen LogP contribution in [-0.4, -0.2) is 6.04 Å². The Bertz CT molecular complexity index is 464. The number of nitrogens with one attached hydrogen (secondary N) is 1. The van der Waals surface area contributed by atoms with Gasteiger partial charge >= 0.3 is 0 Å². The molecule has 0 aliphatic heterocycles. The first-order chi connectivity index (χ1) is 8.65. The van der Waals surface area contributed by atoms with Crippen LogP contribution >= 0.6 is 11.3 Å². The van der Waals surface area contributed by atoms with Gasteiger partial charge in [0.15, 0.2) is 0 Å². The lowest BCUT2D eigenvalue weighted by atomic mass is 10.1. The second-order valence-corrected chi connectivity index (χ2v) is 5.61. The van der Waals surface area contributed by atoms with Gasteiger partial charge in [-0.15, -0.1) is 11.3 Å². The van der Waals surface area contributed by atoms with Crippen molar-refractivity contribution >= 4 is 11.3 Å². The largest absolute Gasteiger partial charge is 0.307 e. The van der Waals surface area contributed by atoms with Crippen molar-refractivity contribution in [1.82, 2.24) is 5.32 Å². The molecule has 0 radical (unpaired) electrons. The minimum absolute atomic E-state index is 0.175. The van der Waals surface area contributed by atoms with E-state index in [1.54, 1.807) is 11.3 Å². The van der Waals surface area contributed by atoms with E-state index < -0.39 is 0 Å². The predicted molar refractivity (Wildman–Crippen MR) is 75.4 cm³/mol. The summed E-state index contributed by atoms with van der Waals surface area (Å²) >= 11 is 1.77. The Morgan fingerprint density at radius 3 is 2.50 bits per heavy atom. The lowest BCUT2D eigenvalue weighted by Crippen LogP contribution is -2.30. The number of hydrogen-bond acceptors (Lipinski definition) is 2. The summed E-state index contributed by atoms with van der Waals surface area (Å²) in [6.07, 6.45) is 0.913. The van der Waals surface area contributed by atoms with Crippen molar-refractivity contribution in [3.8, 4) is 0 Å². The number of hydrogen-bond donors (Lipinski definition) is 1.